The van der Waals surface area contributed by atoms with E-state index in [0.29, 0.717) is 25.7 Å². The monoisotopic (exact) mass is 282 g/mol. The highest BCUT2D eigenvalue weighted by atomic mass is 32.2. The average Bonchev–Trinajstić information content (AvgIpc) is 2.23. The van der Waals surface area contributed by atoms with Crippen LogP contribution in [0.3, 0.4) is 0 Å². The molecular formula is C10H18O7S. The predicted molar refractivity (Wildman–Crippen MR) is 62.7 cm³/mol. The summed E-state index contributed by atoms with van der Waals surface area (Å²) in [5, 5.41) is 8.32. The highest BCUT2D eigenvalue weighted by Crippen LogP contribution is 2.03. The first-order valence-corrected chi connectivity index (χ1v) is 7.25. The van der Waals surface area contributed by atoms with Gasteiger partial charge in [-0.1, -0.05) is 12.8 Å². The van der Waals surface area contributed by atoms with E-state index in [1.165, 1.54) is 0 Å². The molecule has 18 heavy (non-hydrogen) atoms. The highest BCUT2D eigenvalue weighted by Gasteiger charge is 2.06. The van der Waals surface area contributed by atoms with Crippen molar-refractivity contribution in [3.8, 4) is 0 Å². The standard InChI is InChI=1S/C10H18O7S/c11-9(12)5-6-10(13)17-7-3-1-2-4-8-18(14,15)16/h1-8H2,(H,11,12)(H,14,15,16). The van der Waals surface area contributed by atoms with E-state index in [0.717, 1.165) is 0 Å². The highest BCUT2D eigenvalue weighted by molar-refractivity contribution is 7.85. The molecule has 0 rings (SSSR count). The summed E-state index contributed by atoms with van der Waals surface area (Å²) >= 11 is 0. The molecule has 0 aliphatic rings. The van der Waals surface area contributed by atoms with Crippen LogP contribution in [0.15, 0.2) is 0 Å². The molecule has 0 aliphatic carbocycles. The number of hydrogen-bond donors (Lipinski definition) is 2. The van der Waals surface area contributed by atoms with Crippen molar-refractivity contribution in [2.75, 3.05) is 12.4 Å². The van der Waals surface area contributed by atoms with E-state index in [-0.39, 0.29) is 25.2 Å². The molecule has 0 unspecified atom stereocenters. The van der Waals surface area contributed by atoms with Gasteiger partial charge in [0.1, 0.15) is 0 Å². The molecule has 0 saturated carbocycles. The lowest BCUT2D eigenvalue weighted by atomic mass is 10.2. The van der Waals surface area contributed by atoms with Gasteiger partial charge < -0.3 is 9.84 Å². The number of carboxylic acid groups (broad SMARTS) is 1. The van der Waals surface area contributed by atoms with E-state index in [1.807, 2.05) is 0 Å². The fraction of sp³-hybridized carbons (Fsp3) is 0.800. The van der Waals surface area contributed by atoms with Gasteiger partial charge in [-0.3, -0.25) is 14.1 Å². The minimum atomic E-state index is -3.89. The van der Waals surface area contributed by atoms with Crippen LogP contribution in [0.4, 0.5) is 0 Å². The molecule has 0 aromatic rings. The smallest absolute Gasteiger partial charge is 0.306 e. The third-order valence-corrected chi connectivity index (χ3v) is 2.91. The van der Waals surface area contributed by atoms with E-state index in [4.69, 9.17) is 14.4 Å². The van der Waals surface area contributed by atoms with Crippen molar-refractivity contribution in [3.63, 3.8) is 0 Å². The number of carboxylic acids is 1. The Morgan fingerprint density at radius 2 is 1.61 bits per heavy atom. The molecule has 0 spiro atoms. The van der Waals surface area contributed by atoms with Crippen LogP contribution in [-0.4, -0.2) is 42.4 Å². The van der Waals surface area contributed by atoms with E-state index >= 15 is 0 Å². The summed E-state index contributed by atoms with van der Waals surface area (Å²) in [6.45, 7) is 0.199. The average molecular weight is 282 g/mol. The van der Waals surface area contributed by atoms with Gasteiger partial charge in [0.25, 0.3) is 10.1 Å². The van der Waals surface area contributed by atoms with Gasteiger partial charge in [0.2, 0.25) is 0 Å². The van der Waals surface area contributed by atoms with Crippen molar-refractivity contribution in [1.29, 1.82) is 0 Å². The van der Waals surface area contributed by atoms with Crippen LogP contribution in [0, 0.1) is 0 Å². The summed E-state index contributed by atoms with van der Waals surface area (Å²) in [6.07, 6.45) is 1.87. The summed E-state index contributed by atoms with van der Waals surface area (Å²) in [4.78, 5) is 21.1. The normalized spacial score (nSPS) is 11.2. The Bertz CT molecular complexity index is 360. The second-order valence-electron chi connectivity index (χ2n) is 3.81. The second kappa shape index (κ2) is 8.87. The van der Waals surface area contributed by atoms with E-state index < -0.39 is 22.1 Å². The molecule has 8 heteroatoms. The van der Waals surface area contributed by atoms with Crippen molar-refractivity contribution in [3.05, 3.63) is 0 Å². The molecule has 0 aliphatic heterocycles. The van der Waals surface area contributed by atoms with Gasteiger partial charge in [0.15, 0.2) is 0 Å². The summed E-state index contributed by atoms with van der Waals surface area (Å²) in [5.74, 6) is -1.85. The fourth-order valence-corrected chi connectivity index (χ4v) is 1.78. The number of rotatable bonds is 10. The first-order chi connectivity index (χ1) is 8.31. The predicted octanol–water partition coefficient (Wildman–Crippen LogP) is 0.843. The Labute approximate surface area is 106 Å². The molecular weight excluding hydrogens is 264 g/mol. The minimum absolute atomic E-state index is 0.141. The lowest BCUT2D eigenvalue weighted by Crippen LogP contribution is -2.08. The van der Waals surface area contributed by atoms with Crippen LogP contribution in [-0.2, 0) is 24.4 Å². The minimum Gasteiger partial charge on any atom is -0.481 e. The number of esters is 1. The summed E-state index contributed by atoms with van der Waals surface area (Å²) in [6, 6.07) is 0. The third kappa shape index (κ3) is 12.9. The van der Waals surface area contributed by atoms with Crippen LogP contribution in [0.1, 0.15) is 38.5 Å². The Morgan fingerprint density at radius 1 is 1.00 bits per heavy atom. The number of aliphatic carboxylic acids is 1. The van der Waals surface area contributed by atoms with Crippen molar-refractivity contribution in [2.24, 2.45) is 0 Å². The van der Waals surface area contributed by atoms with E-state index in [2.05, 4.69) is 0 Å². The molecule has 0 radical (unpaired) electrons. The number of unbranched alkanes of at least 4 members (excludes halogenated alkanes) is 3. The molecule has 0 heterocycles. The number of carbonyl (C=O) groups is 2. The van der Waals surface area contributed by atoms with Crippen LogP contribution in [0.25, 0.3) is 0 Å². The molecule has 0 aromatic carbocycles. The van der Waals surface area contributed by atoms with Gasteiger partial charge in [-0.2, -0.15) is 8.42 Å². The Hall–Kier alpha value is -1.15. The molecule has 2 N–H and O–H groups in total. The number of ether oxygens (including phenoxy) is 1. The SMILES string of the molecule is O=C(O)CCC(=O)OCCCCCCS(=O)(=O)O. The molecule has 7 nitrogen and oxygen atoms in total. The second-order valence-corrected chi connectivity index (χ2v) is 5.39. The van der Waals surface area contributed by atoms with Crippen molar-refractivity contribution < 1.29 is 32.4 Å². The van der Waals surface area contributed by atoms with Gasteiger partial charge in [0, 0.05) is 0 Å². The van der Waals surface area contributed by atoms with Crippen LogP contribution >= 0.6 is 0 Å². The quantitative estimate of drug-likeness (QED) is 0.346. The molecule has 0 atom stereocenters. The maximum atomic E-state index is 11.0. The van der Waals surface area contributed by atoms with Gasteiger partial charge in [0.05, 0.1) is 25.2 Å². The molecule has 0 saturated heterocycles. The third-order valence-electron chi connectivity index (χ3n) is 2.10. The molecule has 0 bridgehead atoms. The molecule has 0 aromatic heterocycles. The maximum absolute atomic E-state index is 11.0. The van der Waals surface area contributed by atoms with Crippen LogP contribution in [0.2, 0.25) is 0 Å². The van der Waals surface area contributed by atoms with Crippen molar-refractivity contribution in [1.82, 2.24) is 0 Å². The molecule has 0 fully saturated rings. The maximum Gasteiger partial charge on any atom is 0.306 e. The first-order valence-electron chi connectivity index (χ1n) is 5.64. The Kier molecular flexibility index (Phi) is 8.30. The molecule has 106 valence electrons. The number of carbonyl (C=O) groups excluding carboxylic acids is 1. The summed E-state index contributed by atoms with van der Waals surface area (Å²) in [7, 11) is -3.89. The van der Waals surface area contributed by atoms with Gasteiger partial charge in [-0.05, 0) is 12.8 Å². The molecule has 0 amide bonds. The lowest BCUT2D eigenvalue weighted by molar-refractivity contribution is -0.147. The van der Waals surface area contributed by atoms with Gasteiger partial charge in [-0.25, -0.2) is 0 Å². The largest absolute Gasteiger partial charge is 0.481 e. The van der Waals surface area contributed by atoms with Crippen LogP contribution < -0.4 is 0 Å². The fourth-order valence-electron chi connectivity index (χ4n) is 1.21. The zero-order valence-electron chi connectivity index (χ0n) is 10.0. The van der Waals surface area contributed by atoms with Gasteiger partial charge in [-0.15, -0.1) is 0 Å². The summed E-state index contributed by atoms with van der Waals surface area (Å²) in [5.41, 5.74) is 0. The van der Waals surface area contributed by atoms with E-state index in [1.54, 1.807) is 0 Å². The van der Waals surface area contributed by atoms with Gasteiger partial charge >= 0.3 is 11.9 Å². The number of hydrogen-bond acceptors (Lipinski definition) is 5. The lowest BCUT2D eigenvalue weighted by Gasteiger charge is -2.03. The van der Waals surface area contributed by atoms with Crippen LogP contribution in [0.5, 0.6) is 0 Å². The Morgan fingerprint density at radius 3 is 2.17 bits per heavy atom. The summed E-state index contributed by atoms with van der Waals surface area (Å²) < 4.78 is 34.0. The van der Waals surface area contributed by atoms with E-state index in [9.17, 15) is 18.0 Å². The van der Waals surface area contributed by atoms with Crippen molar-refractivity contribution >= 4 is 22.1 Å². The topological polar surface area (TPSA) is 118 Å². The Balaban J connectivity index is 3.35. The zero-order chi connectivity index (χ0) is 14.0. The zero-order valence-corrected chi connectivity index (χ0v) is 10.8. The first kappa shape index (κ1) is 16.9. The van der Waals surface area contributed by atoms with Crippen molar-refractivity contribution in [2.45, 2.75) is 38.5 Å².